The Morgan fingerprint density at radius 1 is 0.565 bits per heavy atom. The van der Waals surface area contributed by atoms with Crippen LogP contribution < -0.4 is 0 Å². The molecule has 0 heteroatoms. The first-order chi connectivity index (χ1) is 10.9. The van der Waals surface area contributed by atoms with Crippen molar-refractivity contribution in [2.75, 3.05) is 0 Å². The summed E-state index contributed by atoms with van der Waals surface area (Å²) in [7, 11) is 0. The van der Waals surface area contributed by atoms with Gasteiger partial charge in [-0.25, -0.2) is 0 Å². The lowest BCUT2D eigenvalue weighted by atomic mass is 9.68. The minimum absolute atomic E-state index is 0.818. The predicted octanol–water partition coefficient (Wildman–Crippen LogP) is 8.35. The highest BCUT2D eigenvalue weighted by Crippen LogP contribution is 2.39. The average molecular weight is 325 g/mol. The van der Waals surface area contributed by atoms with Crippen molar-refractivity contribution < 1.29 is 0 Å². The van der Waals surface area contributed by atoms with Crippen LogP contribution in [0.5, 0.6) is 0 Å². The van der Waals surface area contributed by atoms with Crippen molar-refractivity contribution in [2.45, 2.75) is 113 Å². The van der Waals surface area contributed by atoms with Crippen LogP contribution in [-0.2, 0) is 0 Å². The zero-order valence-corrected chi connectivity index (χ0v) is 17.8. The predicted molar refractivity (Wildman–Crippen MR) is 108 cm³/mol. The van der Waals surface area contributed by atoms with Crippen molar-refractivity contribution in [2.24, 2.45) is 35.5 Å². The molecule has 0 aliphatic carbocycles. The molecule has 140 valence electrons. The van der Waals surface area contributed by atoms with Crippen molar-refractivity contribution in [3.8, 4) is 0 Å². The second-order valence-electron chi connectivity index (χ2n) is 8.63. The van der Waals surface area contributed by atoms with Gasteiger partial charge in [0.05, 0.1) is 0 Å². The highest BCUT2D eigenvalue weighted by atomic mass is 14.4. The van der Waals surface area contributed by atoms with E-state index in [1.807, 2.05) is 0 Å². The van der Waals surface area contributed by atoms with Crippen molar-refractivity contribution in [1.29, 1.82) is 0 Å². The third-order valence-electron chi connectivity index (χ3n) is 6.53. The van der Waals surface area contributed by atoms with E-state index in [9.17, 15) is 0 Å². The number of rotatable bonds is 14. The van der Waals surface area contributed by atoms with Crippen molar-refractivity contribution in [3.05, 3.63) is 0 Å². The zero-order chi connectivity index (χ0) is 17.8. The first-order valence-corrected chi connectivity index (χ1v) is 10.9. The topological polar surface area (TPSA) is 0 Å². The molecular weight excluding hydrogens is 276 g/mol. The maximum Gasteiger partial charge on any atom is -0.0355 e. The lowest BCUT2D eigenvalue weighted by molar-refractivity contribution is 0.118. The van der Waals surface area contributed by atoms with E-state index < -0.39 is 0 Å². The molecule has 0 aromatic rings. The van der Waals surface area contributed by atoms with Crippen molar-refractivity contribution >= 4 is 0 Å². The lowest BCUT2D eigenvalue weighted by Crippen LogP contribution is -2.30. The fraction of sp³-hybridized carbons (Fsp3) is 1.00. The molecule has 0 saturated heterocycles. The van der Waals surface area contributed by atoms with Gasteiger partial charge in [0, 0.05) is 0 Å². The van der Waals surface area contributed by atoms with Gasteiger partial charge in [0.25, 0.3) is 0 Å². The Kier molecular flexibility index (Phi) is 13.3. The van der Waals surface area contributed by atoms with Gasteiger partial charge in [-0.05, 0) is 41.9 Å². The summed E-state index contributed by atoms with van der Waals surface area (Å²) in [4.78, 5) is 0. The smallest absolute Gasteiger partial charge is 0.0355 e. The Morgan fingerprint density at radius 2 is 1.09 bits per heavy atom. The zero-order valence-electron chi connectivity index (χ0n) is 17.8. The summed E-state index contributed by atoms with van der Waals surface area (Å²) in [6.45, 7) is 19.4. The molecule has 0 N–H and O–H groups in total. The Morgan fingerprint density at radius 3 is 1.48 bits per heavy atom. The molecule has 0 radical (unpaired) electrons. The van der Waals surface area contributed by atoms with Crippen LogP contribution in [0.4, 0.5) is 0 Å². The standard InChI is InChI=1S/C23H48/c1-9-13-19(7)22(12-4)23(20(8)18(5)6)17-16-21(14-10-2)15-11-3/h18-23H,9-17H2,1-8H3. The molecule has 0 fully saturated rings. The van der Waals surface area contributed by atoms with E-state index in [-0.39, 0.29) is 0 Å². The first-order valence-electron chi connectivity index (χ1n) is 10.9. The van der Waals surface area contributed by atoms with Crippen LogP contribution in [-0.4, -0.2) is 0 Å². The fourth-order valence-electron chi connectivity index (χ4n) is 4.84. The third kappa shape index (κ3) is 8.59. The van der Waals surface area contributed by atoms with Crippen LogP contribution in [0.1, 0.15) is 113 Å². The summed E-state index contributed by atoms with van der Waals surface area (Å²) >= 11 is 0. The summed E-state index contributed by atoms with van der Waals surface area (Å²) in [5.74, 6) is 5.41. The second kappa shape index (κ2) is 13.3. The van der Waals surface area contributed by atoms with Crippen LogP contribution in [0.2, 0.25) is 0 Å². The highest BCUT2D eigenvalue weighted by molar-refractivity contribution is 4.80. The molecule has 0 aliphatic heterocycles. The molecule has 23 heavy (non-hydrogen) atoms. The fourth-order valence-corrected chi connectivity index (χ4v) is 4.84. The minimum Gasteiger partial charge on any atom is -0.0654 e. The van der Waals surface area contributed by atoms with Crippen LogP contribution in [0.3, 0.4) is 0 Å². The first kappa shape index (κ1) is 23.0. The van der Waals surface area contributed by atoms with Crippen LogP contribution in [0.15, 0.2) is 0 Å². The van der Waals surface area contributed by atoms with Gasteiger partial charge in [-0.15, -0.1) is 0 Å². The van der Waals surface area contributed by atoms with Gasteiger partial charge in [-0.1, -0.05) is 107 Å². The van der Waals surface area contributed by atoms with Gasteiger partial charge >= 0.3 is 0 Å². The Labute approximate surface area is 149 Å². The van der Waals surface area contributed by atoms with Crippen LogP contribution in [0, 0.1) is 35.5 Å². The van der Waals surface area contributed by atoms with Gasteiger partial charge in [0.2, 0.25) is 0 Å². The van der Waals surface area contributed by atoms with Gasteiger partial charge in [-0.2, -0.15) is 0 Å². The average Bonchev–Trinajstić information content (AvgIpc) is 2.50. The molecule has 0 amide bonds. The highest BCUT2D eigenvalue weighted by Gasteiger charge is 2.31. The Bertz CT molecular complexity index is 249. The largest absolute Gasteiger partial charge is 0.0654 e. The van der Waals surface area contributed by atoms with Gasteiger partial charge in [0.15, 0.2) is 0 Å². The van der Waals surface area contributed by atoms with E-state index >= 15 is 0 Å². The maximum atomic E-state index is 2.53. The van der Waals surface area contributed by atoms with Crippen molar-refractivity contribution in [1.82, 2.24) is 0 Å². The Balaban J connectivity index is 4.97. The summed E-state index contributed by atoms with van der Waals surface area (Å²) in [5.41, 5.74) is 0. The van der Waals surface area contributed by atoms with Crippen molar-refractivity contribution in [3.63, 3.8) is 0 Å². The molecule has 0 rings (SSSR count). The molecular formula is C23H48. The SMILES string of the molecule is CCCC(CCC)CCC(C(C)C(C)C)C(CC)C(C)CCC. The number of hydrogen-bond acceptors (Lipinski definition) is 0. The molecule has 4 atom stereocenters. The molecule has 0 spiro atoms. The quantitative estimate of drug-likeness (QED) is 0.301. The molecule has 0 aromatic heterocycles. The van der Waals surface area contributed by atoms with Gasteiger partial charge in [0.1, 0.15) is 0 Å². The molecule has 0 aromatic carbocycles. The minimum atomic E-state index is 0.818. The summed E-state index contributed by atoms with van der Waals surface area (Å²) in [6.07, 6.45) is 12.7. The van der Waals surface area contributed by atoms with E-state index in [1.54, 1.807) is 0 Å². The molecule has 0 nitrogen and oxygen atoms in total. The van der Waals surface area contributed by atoms with E-state index in [0.717, 1.165) is 35.5 Å². The van der Waals surface area contributed by atoms with Gasteiger partial charge in [-0.3, -0.25) is 0 Å². The normalized spacial score (nSPS) is 17.5. The summed E-state index contributed by atoms with van der Waals surface area (Å²) in [5, 5.41) is 0. The van der Waals surface area contributed by atoms with E-state index in [4.69, 9.17) is 0 Å². The van der Waals surface area contributed by atoms with Crippen LogP contribution in [0.25, 0.3) is 0 Å². The van der Waals surface area contributed by atoms with Gasteiger partial charge < -0.3 is 0 Å². The van der Waals surface area contributed by atoms with E-state index in [0.29, 0.717) is 0 Å². The second-order valence-corrected chi connectivity index (χ2v) is 8.63. The Hall–Kier alpha value is 0. The van der Waals surface area contributed by atoms with E-state index in [2.05, 4.69) is 55.4 Å². The molecule has 0 bridgehead atoms. The molecule has 0 saturated carbocycles. The summed E-state index contributed by atoms with van der Waals surface area (Å²) < 4.78 is 0. The lowest BCUT2D eigenvalue weighted by Gasteiger charge is -2.38. The molecule has 0 aliphatic rings. The van der Waals surface area contributed by atoms with E-state index in [1.165, 1.54) is 57.8 Å². The monoisotopic (exact) mass is 324 g/mol. The molecule has 0 heterocycles. The van der Waals surface area contributed by atoms with Crippen LogP contribution >= 0.6 is 0 Å². The summed E-state index contributed by atoms with van der Waals surface area (Å²) in [6, 6.07) is 0. The third-order valence-corrected chi connectivity index (χ3v) is 6.53. The maximum absolute atomic E-state index is 2.53. The number of hydrogen-bond donors (Lipinski definition) is 0. The molecule has 4 unspecified atom stereocenters.